The van der Waals surface area contributed by atoms with E-state index in [0.29, 0.717) is 30.1 Å². The zero-order chi connectivity index (χ0) is 18.1. The lowest BCUT2D eigenvalue weighted by Gasteiger charge is -2.16. The molecule has 3 heterocycles. The van der Waals surface area contributed by atoms with Gasteiger partial charge in [0.25, 0.3) is 5.91 Å². The van der Waals surface area contributed by atoms with E-state index in [2.05, 4.69) is 9.97 Å². The second-order valence-corrected chi connectivity index (χ2v) is 7.06. The van der Waals surface area contributed by atoms with E-state index < -0.39 is 6.10 Å². The molecule has 0 spiro atoms. The Kier molecular flexibility index (Phi) is 4.57. The van der Waals surface area contributed by atoms with E-state index in [-0.39, 0.29) is 11.8 Å². The maximum absolute atomic E-state index is 12.7. The van der Waals surface area contributed by atoms with Gasteiger partial charge in [0.15, 0.2) is 0 Å². The fraction of sp³-hybridized carbons (Fsp3) is 0.250. The number of nitrogens with zero attached hydrogens (tertiary/aromatic N) is 3. The summed E-state index contributed by atoms with van der Waals surface area (Å²) in [6.45, 7) is 0.822. The highest BCUT2D eigenvalue weighted by Gasteiger charge is 2.34. The average molecular weight is 368 g/mol. The van der Waals surface area contributed by atoms with Crippen LogP contribution in [0.3, 0.4) is 0 Å². The summed E-state index contributed by atoms with van der Waals surface area (Å²) in [4.78, 5) is 22.7. The van der Waals surface area contributed by atoms with Gasteiger partial charge in [-0.05, 0) is 30.2 Å². The third-order valence-electron chi connectivity index (χ3n) is 4.87. The van der Waals surface area contributed by atoms with Crippen LogP contribution in [-0.4, -0.2) is 45.1 Å². The molecule has 26 heavy (non-hydrogen) atoms. The van der Waals surface area contributed by atoms with E-state index in [0.717, 1.165) is 16.5 Å². The zero-order valence-electron chi connectivity index (χ0n) is 14.0. The Balaban J connectivity index is 1.53. The average Bonchev–Trinajstić information content (AvgIpc) is 3.02. The number of benzene rings is 1. The van der Waals surface area contributed by atoms with Crippen LogP contribution in [0, 0.1) is 5.92 Å². The molecule has 132 valence electrons. The largest absolute Gasteiger partial charge is 0.391 e. The smallest absolute Gasteiger partial charge is 0.255 e. The van der Waals surface area contributed by atoms with Gasteiger partial charge in [0, 0.05) is 43.0 Å². The van der Waals surface area contributed by atoms with Gasteiger partial charge in [-0.2, -0.15) is 0 Å². The van der Waals surface area contributed by atoms with Crippen molar-refractivity contribution in [3.05, 3.63) is 71.1 Å². The van der Waals surface area contributed by atoms with Crippen molar-refractivity contribution in [1.82, 2.24) is 14.9 Å². The number of β-amino-alcohol motifs (C(OH)–C–C–N with tert-alkyl or cyclic N) is 1. The summed E-state index contributed by atoms with van der Waals surface area (Å²) in [6.07, 6.45) is 4.93. The summed E-state index contributed by atoms with van der Waals surface area (Å²) in [7, 11) is 0. The Hall–Kier alpha value is -2.50. The number of aliphatic hydroxyl groups is 1. The Morgan fingerprint density at radius 2 is 2.08 bits per heavy atom. The number of carbonyl (C=O) groups excluding carboxylic acids is 1. The van der Waals surface area contributed by atoms with Gasteiger partial charge in [-0.15, -0.1) is 0 Å². The van der Waals surface area contributed by atoms with Gasteiger partial charge < -0.3 is 10.0 Å². The molecule has 3 aromatic rings. The first-order valence-corrected chi connectivity index (χ1v) is 8.90. The lowest BCUT2D eigenvalue weighted by Crippen LogP contribution is -2.29. The Morgan fingerprint density at radius 1 is 1.23 bits per heavy atom. The number of rotatable bonds is 3. The van der Waals surface area contributed by atoms with Crippen molar-refractivity contribution < 1.29 is 9.90 Å². The van der Waals surface area contributed by atoms with E-state index in [4.69, 9.17) is 11.6 Å². The van der Waals surface area contributed by atoms with E-state index in [1.54, 1.807) is 17.2 Å². The first-order valence-electron chi connectivity index (χ1n) is 8.52. The number of carbonyl (C=O) groups is 1. The van der Waals surface area contributed by atoms with Gasteiger partial charge in [0.2, 0.25) is 0 Å². The van der Waals surface area contributed by atoms with Crippen LogP contribution < -0.4 is 0 Å². The lowest BCUT2D eigenvalue weighted by atomic mass is 9.94. The Bertz CT molecular complexity index is 957. The predicted molar refractivity (Wildman–Crippen MR) is 100 cm³/mol. The molecule has 1 N–H and O–H groups in total. The van der Waals surface area contributed by atoms with Crippen molar-refractivity contribution >= 4 is 28.4 Å². The topological polar surface area (TPSA) is 66.3 Å². The first kappa shape index (κ1) is 16.9. The van der Waals surface area contributed by atoms with Crippen LogP contribution in [-0.2, 0) is 6.42 Å². The van der Waals surface area contributed by atoms with Crippen molar-refractivity contribution in [2.24, 2.45) is 5.92 Å². The van der Waals surface area contributed by atoms with Crippen LogP contribution in [0.15, 0.2) is 55.0 Å². The number of fused-ring (bicyclic) bond motifs is 1. The molecule has 1 aliphatic heterocycles. The molecule has 0 saturated carbocycles. The number of hydrogen-bond donors (Lipinski definition) is 1. The van der Waals surface area contributed by atoms with E-state index in [1.807, 2.05) is 30.3 Å². The highest BCUT2D eigenvalue weighted by molar-refractivity contribution is 6.30. The second kappa shape index (κ2) is 7.02. The van der Waals surface area contributed by atoms with Crippen molar-refractivity contribution in [2.75, 3.05) is 13.1 Å². The number of aliphatic hydroxyl groups excluding tert-OH is 1. The summed E-state index contributed by atoms with van der Waals surface area (Å²) < 4.78 is 0. The minimum atomic E-state index is -0.557. The van der Waals surface area contributed by atoms with Crippen molar-refractivity contribution in [3.63, 3.8) is 0 Å². The molecule has 1 aliphatic rings. The third-order valence-corrected chi connectivity index (χ3v) is 5.07. The fourth-order valence-corrected chi connectivity index (χ4v) is 3.72. The molecular formula is C20H18ClN3O2. The monoisotopic (exact) mass is 367 g/mol. The van der Waals surface area contributed by atoms with Crippen LogP contribution in [0.1, 0.15) is 15.9 Å². The molecule has 2 atom stereocenters. The van der Waals surface area contributed by atoms with Gasteiger partial charge in [-0.25, -0.2) is 0 Å². The van der Waals surface area contributed by atoms with Crippen molar-refractivity contribution in [1.29, 1.82) is 0 Å². The molecule has 0 unspecified atom stereocenters. The molecule has 1 amide bonds. The third kappa shape index (κ3) is 3.28. The number of halogens is 1. The molecule has 2 aromatic heterocycles. The SMILES string of the molecule is O=C(c1cncc(Cl)c1)N1C[C@@H](Cc2ccnc3ccccc23)[C@H](O)C1. The summed E-state index contributed by atoms with van der Waals surface area (Å²) in [5.41, 5.74) is 2.52. The summed E-state index contributed by atoms with van der Waals surface area (Å²) in [5.74, 6) is -0.168. The normalized spacial score (nSPS) is 19.8. The number of hydrogen-bond acceptors (Lipinski definition) is 4. The number of aromatic nitrogens is 2. The molecular weight excluding hydrogens is 350 g/mol. The van der Waals surface area contributed by atoms with Crippen LogP contribution in [0.5, 0.6) is 0 Å². The van der Waals surface area contributed by atoms with Gasteiger partial charge in [0.1, 0.15) is 0 Å². The minimum Gasteiger partial charge on any atom is -0.391 e. The predicted octanol–water partition coefficient (Wildman–Crippen LogP) is 2.96. The molecule has 6 heteroatoms. The van der Waals surface area contributed by atoms with Crippen LogP contribution >= 0.6 is 11.6 Å². The zero-order valence-corrected chi connectivity index (χ0v) is 14.8. The van der Waals surface area contributed by atoms with Crippen molar-refractivity contribution in [2.45, 2.75) is 12.5 Å². The standard InChI is InChI=1S/C20H18ClN3O2/c21-16-8-14(9-22-10-16)20(26)24-11-15(19(25)12-24)7-13-5-6-23-18-4-2-1-3-17(13)18/h1-6,8-10,15,19,25H,7,11-12H2/t15-,19-/m1/s1. The molecule has 0 aliphatic carbocycles. The van der Waals surface area contributed by atoms with Crippen molar-refractivity contribution in [3.8, 4) is 0 Å². The van der Waals surface area contributed by atoms with E-state index in [9.17, 15) is 9.90 Å². The van der Waals surface area contributed by atoms with Gasteiger partial charge in [-0.3, -0.25) is 14.8 Å². The Labute approximate surface area is 156 Å². The van der Waals surface area contributed by atoms with Crippen LogP contribution in [0.4, 0.5) is 0 Å². The van der Waals surface area contributed by atoms with E-state index >= 15 is 0 Å². The number of amides is 1. The van der Waals surface area contributed by atoms with Gasteiger partial charge in [0.05, 0.1) is 22.2 Å². The fourth-order valence-electron chi connectivity index (χ4n) is 3.55. The molecule has 1 saturated heterocycles. The van der Waals surface area contributed by atoms with Crippen LogP contribution in [0.2, 0.25) is 5.02 Å². The van der Waals surface area contributed by atoms with Crippen LogP contribution in [0.25, 0.3) is 10.9 Å². The summed E-state index contributed by atoms with van der Waals surface area (Å²) in [6, 6.07) is 11.6. The maximum atomic E-state index is 12.7. The maximum Gasteiger partial charge on any atom is 0.255 e. The number of likely N-dealkylation sites (tertiary alicyclic amines) is 1. The number of pyridine rings is 2. The quantitative estimate of drug-likeness (QED) is 0.773. The molecule has 1 fully saturated rings. The minimum absolute atomic E-state index is 0.0168. The highest BCUT2D eigenvalue weighted by atomic mass is 35.5. The molecule has 0 radical (unpaired) electrons. The molecule has 4 rings (SSSR count). The second-order valence-electron chi connectivity index (χ2n) is 6.62. The highest BCUT2D eigenvalue weighted by Crippen LogP contribution is 2.26. The lowest BCUT2D eigenvalue weighted by molar-refractivity contribution is 0.0764. The number of para-hydroxylation sites is 1. The first-order chi connectivity index (χ1) is 12.6. The van der Waals surface area contributed by atoms with E-state index in [1.165, 1.54) is 12.4 Å². The Morgan fingerprint density at radius 3 is 2.92 bits per heavy atom. The molecule has 0 bridgehead atoms. The molecule has 1 aromatic carbocycles. The summed E-state index contributed by atoms with van der Waals surface area (Å²) in [5, 5.41) is 12.0. The summed E-state index contributed by atoms with van der Waals surface area (Å²) >= 11 is 5.93. The van der Waals surface area contributed by atoms with Gasteiger partial charge in [-0.1, -0.05) is 29.8 Å². The van der Waals surface area contributed by atoms with Gasteiger partial charge >= 0.3 is 0 Å². The molecule has 5 nitrogen and oxygen atoms in total.